The standard InChI is InChI=1S/C32H30ClN3O/c1-3-36-20-30(33)35-31(36)27-16-15-26(37-21-25-14-13-23-9-7-8-12-29(23)34-25)17-28(27)32(18-22(2)19-32)24-10-5-4-6-11-24/h4-17,20,22H,3,18-19,21H2,1-2H3. The maximum atomic E-state index is 6.38. The summed E-state index contributed by atoms with van der Waals surface area (Å²) < 4.78 is 8.47. The van der Waals surface area contributed by atoms with E-state index in [2.05, 4.69) is 73.0 Å². The van der Waals surface area contributed by atoms with Gasteiger partial charge in [0.2, 0.25) is 0 Å². The van der Waals surface area contributed by atoms with Crippen molar-refractivity contribution in [3.05, 3.63) is 113 Å². The molecule has 1 aliphatic rings. The summed E-state index contributed by atoms with van der Waals surface area (Å²) in [6.45, 7) is 5.66. The maximum absolute atomic E-state index is 6.38. The predicted molar refractivity (Wildman–Crippen MR) is 150 cm³/mol. The van der Waals surface area contributed by atoms with E-state index in [4.69, 9.17) is 26.3 Å². The molecule has 37 heavy (non-hydrogen) atoms. The fourth-order valence-corrected chi connectivity index (χ4v) is 6.09. The molecule has 0 aliphatic heterocycles. The quantitative estimate of drug-likeness (QED) is 0.223. The van der Waals surface area contributed by atoms with E-state index >= 15 is 0 Å². The molecular formula is C32H30ClN3O. The van der Waals surface area contributed by atoms with Crippen molar-refractivity contribution in [2.24, 2.45) is 5.92 Å². The van der Waals surface area contributed by atoms with Crippen LogP contribution in [0.25, 0.3) is 22.3 Å². The second-order valence-electron chi connectivity index (χ2n) is 10.1. The van der Waals surface area contributed by atoms with Gasteiger partial charge in [-0.2, -0.15) is 0 Å². The molecule has 0 bridgehead atoms. The van der Waals surface area contributed by atoms with Gasteiger partial charge in [0, 0.05) is 29.1 Å². The van der Waals surface area contributed by atoms with Gasteiger partial charge in [0.15, 0.2) is 0 Å². The number of hydrogen-bond acceptors (Lipinski definition) is 3. The van der Waals surface area contributed by atoms with E-state index in [1.165, 1.54) is 11.1 Å². The first-order valence-electron chi connectivity index (χ1n) is 13.0. The molecular weight excluding hydrogens is 478 g/mol. The Bertz CT molecular complexity index is 1550. The summed E-state index contributed by atoms with van der Waals surface area (Å²) in [7, 11) is 0. The molecule has 0 saturated heterocycles. The van der Waals surface area contributed by atoms with Crippen LogP contribution in [0.3, 0.4) is 0 Å². The van der Waals surface area contributed by atoms with Gasteiger partial charge in [-0.15, -0.1) is 0 Å². The minimum absolute atomic E-state index is 0.0897. The van der Waals surface area contributed by atoms with Crippen LogP contribution < -0.4 is 4.74 Å². The molecule has 6 rings (SSSR count). The minimum atomic E-state index is -0.0897. The van der Waals surface area contributed by atoms with Crippen molar-refractivity contribution in [2.75, 3.05) is 0 Å². The van der Waals surface area contributed by atoms with Crippen LogP contribution in [-0.4, -0.2) is 14.5 Å². The number of ether oxygens (including phenoxy) is 1. The normalized spacial score (nSPS) is 19.1. The van der Waals surface area contributed by atoms with Crippen LogP contribution in [0.15, 0.2) is 91.1 Å². The smallest absolute Gasteiger partial charge is 0.147 e. The Hall–Kier alpha value is -3.63. The van der Waals surface area contributed by atoms with E-state index < -0.39 is 0 Å². The zero-order valence-corrected chi connectivity index (χ0v) is 21.9. The Morgan fingerprint density at radius 1 is 0.946 bits per heavy atom. The van der Waals surface area contributed by atoms with E-state index in [-0.39, 0.29) is 5.41 Å². The van der Waals surface area contributed by atoms with Gasteiger partial charge in [-0.1, -0.05) is 73.1 Å². The Labute approximate surface area is 222 Å². The molecule has 0 unspecified atom stereocenters. The number of pyridine rings is 1. The summed E-state index contributed by atoms with van der Waals surface area (Å²) in [5.74, 6) is 2.39. The number of imidazole rings is 1. The molecule has 0 N–H and O–H groups in total. The van der Waals surface area contributed by atoms with Crippen molar-refractivity contribution in [3.63, 3.8) is 0 Å². The van der Waals surface area contributed by atoms with Crippen LogP contribution >= 0.6 is 11.6 Å². The van der Waals surface area contributed by atoms with E-state index in [1.54, 1.807) is 0 Å². The van der Waals surface area contributed by atoms with E-state index in [1.807, 2.05) is 36.5 Å². The van der Waals surface area contributed by atoms with Crippen molar-refractivity contribution < 1.29 is 4.74 Å². The lowest BCUT2D eigenvalue weighted by Gasteiger charge is -2.48. The Morgan fingerprint density at radius 3 is 2.51 bits per heavy atom. The second kappa shape index (κ2) is 9.68. The zero-order valence-electron chi connectivity index (χ0n) is 21.2. The molecule has 1 fully saturated rings. The molecule has 0 amide bonds. The van der Waals surface area contributed by atoms with Crippen molar-refractivity contribution in [1.29, 1.82) is 0 Å². The fraction of sp³-hybridized carbons (Fsp3) is 0.250. The van der Waals surface area contributed by atoms with Crippen LogP contribution in [0.4, 0.5) is 0 Å². The number of aromatic nitrogens is 3. The third-order valence-corrected chi connectivity index (χ3v) is 7.78. The molecule has 1 saturated carbocycles. The van der Waals surface area contributed by atoms with Crippen LogP contribution in [0, 0.1) is 5.92 Å². The molecule has 2 heterocycles. The minimum Gasteiger partial charge on any atom is -0.487 e. The van der Waals surface area contributed by atoms with E-state index in [0.717, 1.165) is 53.1 Å². The lowest BCUT2D eigenvalue weighted by Crippen LogP contribution is -2.41. The highest BCUT2D eigenvalue weighted by Gasteiger charge is 2.46. The van der Waals surface area contributed by atoms with Gasteiger partial charge in [-0.25, -0.2) is 9.97 Å². The second-order valence-corrected chi connectivity index (χ2v) is 10.5. The van der Waals surface area contributed by atoms with Gasteiger partial charge in [0.05, 0.1) is 11.2 Å². The summed E-state index contributed by atoms with van der Waals surface area (Å²) >= 11 is 6.38. The monoisotopic (exact) mass is 507 g/mol. The average Bonchev–Trinajstić information content (AvgIpc) is 3.30. The number of halogens is 1. The maximum Gasteiger partial charge on any atom is 0.147 e. The number of hydrogen-bond donors (Lipinski definition) is 0. The van der Waals surface area contributed by atoms with Gasteiger partial charge in [-0.05, 0) is 67.1 Å². The topological polar surface area (TPSA) is 39.9 Å². The summed E-state index contributed by atoms with van der Waals surface area (Å²) in [6.07, 6.45) is 4.08. The Balaban J connectivity index is 1.42. The molecule has 2 aromatic heterocycles. The molecule has 4 nitrogen and oxygen atoms in total. The summed E-state index contributed by atoms with van der Waals surface area (Å²) in [4.78, 5) is 9.51. The van der Waals surface area contributed by atoms with Crippen LogP contribution in [0.2, 0.25) is 5.15 Å². The number of fused-ring (bicyclic) bond motifs is 1. The van der Waals surface area contributed by atoms with Gasteiger partial charge in [-0.3, -0.25) is 0 Å². The van der Waals surface area contributed by atoms with Crippen molar-refractivity contribution in [3.8, 4) is 17.1 Å². The lowest BCUT2D eigenvalue weighted by atomic mass is 9.55. The van der Waals surface area contributed by atoms with Crippen LogP contribution in [0.1, 0.15) is 43.5 Å². The number of rotatable bonds is 7. The first kappa shape index (κ1) is 23.7. The molecule has 0 radical (unpaired) electrons. The first-order valence-corrected chi connectivity index (χ1v) is 13.3. The Kier molecular flexibility index (Phi) is 6.21. The third kappa shape index (κ3) is 4.40. The molecule has 186 valence electrons. The highest BCUT2D eigenvalue weighted by molar-refractivity contribution is 6.29. The van der Waals surface area contributed by atoms with Crippen molar-refractivity contribution >= 4 is 22.5 Å². The Morgan fingerprint density at radius 2 is 1.73 bits per heavy atom. The summed E-state index contributed by atoms with van der Waals surface area (Å²) in [6, 6.07) is 29.6. The lowest BCUT2D eigenvalue weighted by molar-refractivity contribution is 0.200. The molecule has 5 heteroatoms. The van der Waals surface area contributed by atoms with Gasteiger partial charge in [0.1, 0.15) is 23.3 Å². The molecule has 0 atom stereocenters. The molecule has 0 spiro atoms. The van der Waals surface area contributed by atoms with Gasteiger partial charge in [0.25, 0.3) is 0 Å². The largest absolute Gasteiger partial charge is 0.487 e. The number of para-hydroxylation sites is 1. The van der Waals surface area contributed by atoms with E-state index in [9.17, 15) is 0 Å². The van der Waals surface area contributed by atoms with E-state index in [0.29, 0.717) is 17.7 Å². The molecule has 1 aliphatic carbocycles. The number of nitrogens with zero attached hydrogens (tertiary/aromatic N) is 3. The van der Waals surface area contributed by atoms with Gasteiger partial charge < -0.3 is 9.30 Å². The number of benzene rings is 3. The SMILES string of the molecule is CCn1cc(Cl)nc1-c1ccc(OCc2ccc3ccccc3n2)cc1C1(c2ccccc2)CC(C)C1. The summed E-state index contributed by atoms with van der Waals surface area (Å²) in [5, 5.41) is 1.65. The number of aryl methyl sites for hydroxylation is 1. The average molecular weight is 508 g/mol. The van der Waals surface area contributed by atoms with Crippen LogP contribution in [0.5, 0.6) is 5.75 Å². The third-order valence-electron chi connectivity index (χ3n) is 7.60. The fourth-order valence-electron chi connectivity index (χ4n) is 5.89. The zero-order chi connectivity index (χ0) is 25.4. The highest BCUT2D eigenvalue weighted by atomic mass is 35.5. The molecule has 3 aromatic carbocycles. The van der Waals surface area contributed by atoms with Crippen molar-refractivity contribution in [2.45, 2.75) is 45.3 Å². The van der Waals surface area contributed by atoms with Crippen LogP contribution in [-0.2, 0) is 18.6 Å². The highest BCUT2D eigenvalue weighted by Crippen LogP contribution is 2.55. The predicted octanol–water partition coefficient (Wildman–Crippen LogP) is 8.07. The summed E-state index contributed by atoms with van der Waals surface area (Å²) in [5.41, 5.74) is 5.50. The van der Waals surface area contributed by atoms with Gasteiger partial charge >= 0.3 is 0 Å². The molecule has 5 aromatic rings. The first-order chi connectivity index (χ1) is 18.1. The van der Waals surface area contributed by atoms with Crippen molar-refractivity contribution in [1.82, 2.24) is 14.5 Å².